The monoisotopic (exact) mass is 430 g/mol. The van der Waals surface area contributed by atoms with E-state index in [2.05, 4.69) is 29.2 Å². The van der Waals surface area contributed by atoms with Crippen LogP contribution in [0, 0.1) is 6.92 Å². The Labute approximate surface area is 180 Å². The number of rotatable bonds is 5. The highest BCUT2D eigenvalue weighted by atomic mass is 35.5. The first kappa shape index (κ1) is 20.4. The minimum Gasteiger partial charge on any atom is -0.349 e. The molecule has 1 aliphatic heterocycles. The number of carbonyl (C=O) groups excluding carboxylic acids is 1. The first-order chi connectivity index (χ1) is 13.9. The Morgan fingerprint density at radius 1 is 1.31 bits per heavy atom. The van der Waals surface area contributed by atoms with Crippen molar-refractivity contribution in [3.05, 3.63) is 51.5 Å². The molecule has 1 N–H and O–H groups in total. The Hall–Kier alpha value is -1.89. The number of nitrogens with zero attached hydrogens (tertiary/aromatic N) is 3. The molecular formula is C22H27ClN4OS. The van der Waals surface area contributed by atoms with Gasteiger partial charge in [-0.15, -0.1) is 11.3 Å². The van der Waals surface area contributed by atoms with Crippen LogP contribution in [0.4, 0.5) is 0 Å². The molecule has 0 atom stereocenters. The van der Waals surface area contributed by atoms with Gasteiger partial charge < -0.3 is 10.2 Å². The Kier molecular flexibility index (Phi) is 5.95. The number of aryl methyl sites for hydroxylation is 1. The van der Waals surface area contributed by atoms with Crippen LogP contribution in [0.25, 0.3) is 10.2 Å². The van der Waals surface area contributed by atoms with Crippen LogP contribution in [0.3, 0.4) is 0 Å². The van der Waals surface area contributed by atoms with Crippen LogP contribution in [0.15, 0.2) is 30.3 Å². The maximum absolute atomic E-state index is 12.9. The summed E-state index contributed by atoms with van der Waals surface area (Å²) in [5, 5.41) is 9.67. The van der Waals surface area contributed by atoms with E-state index in [1.165, 1.54) is 11.3 Å². The topological polar surface area (TPSA) is 50.2 Å². The van der Waals surface area contributed by atoms with Gasteiger partial charge in [-0.1, -0.05) is 29.8 Å². The van der Waals surface area contributed by atoms with E-state index in [1.54, 1.807) is 0 Å². The minimum atomic E-state index is 0.0258. The predicted octanol–water partition coefficient (Wildman–Crippen LogP) is 4.71. The molecule has 1 saturated heterocycles. The third kappa shape index (κ3) is 4.34. The van der Waals surface area contributed by atoms with Gasteiger partial charge in [-0.2, -0.15) is 5.10 Å². The van der Waals surface area contributed by atoms with Gasteiger partial charge in [-0.3, -0.25) is 9.48 Å². The average molecular weight is 431 g/mol. The molecule has 1 amide bonds. The van der Waals surface area contributed by atoms with E-state index < -0.39 is 0 Å². The van der Waals surface area contributed by atoms with E-state index in [4.69, 9.17) is 11.6 Å². The zero-order valence-corrected chi connectivity index (χ0v) is 18.7. The van der Waals surface area contributed by atoms with Crippen molar-refractivity contribution in [2.45, 2.75) is 52.2 Å². The van der Waals surface area contributed by atoms with Gasteiger partial charge in [-0.05, 0) is 51.3 Å². The normalized spacial score (nSPS) is 16.0. The van der Waals surface area contributed by atoms with E-state index in [-0.39, 0.29) is 11.9 Å². The van der Waals surface area contributed by atoms with E-state index in [0.717, 1.165) is 57.3 Å². The molecule has 3 aromatic rings. The molecule has 1 aromatic carbocycles. The number of amides is 1. The standard InChI is InChI=1S/C22H27ClN4OS/c1-14(2)26-10-8-17(9-11-26)24-21(28)20-12-18-15(3)25-27(22(18)29-20)13-16-6-4-5-7-19(16)23/h4-7,12,14,17H,8-11,13H2,1-3H3,(H,24,28). The number of likely N-dealkylation sites (tertiary alicyclic amines) is 1. The van der Waals surface area contributed by atoms with Gasteiger partial charge in [0.05, 0.1) is 17.1 Å². The van der Waals surface area contributed by atoms with Crippen molar-refractivity contribution in [2.75, 3.05) is 13.1 Å². The molecule has 0 aliphatic carbocycles. The fourth-order valence-corrected chi connectivity index (χ4v) is 5.20. The molecule has 5 nitrogen and oxygen atoms in total. The number of hydrogen-bond acceptors (Lipinski definition) is 4. The van der Waals surface area contributed by atoms with E-state index >= 15 is 0 Å². The molecule has 0 spiro atoms. The summed E-state index contributed by atoms with van der Waals surface area (Å²) in [4.78, 5) is 17.1. The van der Waals surface area contributed by atoms with Crippen molar-refractivity contribution in [1.82, 2.24) is 20.0 Å². The Balaban J connectivity index is 1.49. The SMILES string of the molecule is Cc1nn(Cc2ccccc2Cl)c2sc(C(=O)NC3CCN(C(C)C)CC3)cc12. The minimum absolute atomic E-state index is 0.0258. The summed E-state index contributed by atoms with van der Waals surface area (Å²) in [6.07, 6.45) is 2.02. The summed E-state index contributed by atoms with van der Waals surface area (Å²) in [5.74, 6) is 0.0258. The predicted molar refractivity (Wildman–Crippen MR) is 120 cm³/mol. The van der Waals surface area contributed by atoms with Crippen LogP contribution in [0.5, 0.6) is 0 Å². The van der Waals surface area contributed by atoms with Gasteiger partial charge in [0, 0.05) is 35.6 Å². The molecular weight excluding hydrogens is 404 g/mol. The Morgan fingerprint density at radius 3 is 2.72 bits per heavy atom. The van der Waals surface area contributed by atoms with Gasteiger partial charge in [0.1, 0.15) is 4.83 Å². The molecule has 154 valence electrons. The van der Waals surface area contributed by atoms with Gasteiger partial charge in [0.25, 0.3) is 5.91 Å². The largest absolute Gasteiger partial charge is 0.349 e. The number of carbonyl (C=O) groups is 1. The molecule has 0 saturated carbocycles. The number of aromatic nitrogens is 2. The molecule has 3 heterocycles. The molecule has 0 radical (unpaired) electrons. The second kappa shape index (κ2) is 8.46. The van der Waals surface area contributed by atoms with Crippen molar-refractivity contribution >= 4 is 39.1 Å². The average Bonchev–Trinajstić information content (AvgIpc) is 3.26. The van der Waals surface area contributed by atoms with E-state index in [1.807, 2.05) is 41.9 Å². The zero-order chi connectivity index (χ0) is 20.5. The second-order valence-corrected chi connectivity index (χ2v) is 9.48. The van der Waals surface area contributed by atoms with Crippen LogP contribution in [0.1, 0.15) is 47.6 Å². The van der Waals surface area contributed by atoms with Crippen LogP contribution >= 0.6 is 22.9 Å². The highest BCUT2D eigenvalue weighted by Gasteiger charge is 2.24. The summed E-state index contributed by atoms with van der Waals surface area (Å²) < 4.78 is 1.95. The molecule has 4 rings (SSSR count). The lowest BCUT2D eigenvalue weighted by molar-refractivity contribution is 0.0905. The molecule has 1 aliphatic rings. The number of thiophene rings is 1. The lowest BCUT2D eigenvalue weighted by Crippen LogP contribution is -2.46. The van der Waals surface area contributed by atoms with Crippen LogP contribution in [0.2, 0.25) is 5.02 Å². The number of benzene rings is 1. The molecule has 7 heteroatoms. The van der Waals surface area contributed by atoms with Crippen molar-refractivity contribution < 1.29 is 4.79 Å². The summed E-state index contributed by atoms with van der Waals surface area (Å²) >= 11 is 7.83. The van der Waals surface area contributed by atoms with Gasteiger partial charge in [0.2, 0.25) is 0 Å². The first-order valence-corrected chi connectivity index (χ1v) is 11.4. The second-order valence-electron chi connectivity index (χ2n) is 8.04. The summed E-state index contributed by atoms with van der Waals surface area (Å²) in [7, 11) is 0. The molecule has 29 heavy (non-hydrogen) atoms. The maximum Gasteiger partial charge on any atom is 0.261 e. The number of piperidine rings is 1. The fraction of sp³-hybridized carbons (Fsp3) is 0.455. The molecule has 2 aromatic heterocycles. The zero-order valence-electron chi connectivity index (χ0n) is 17.1. The lowest BCUT2D eigenvalue weighted by atomic mass is 10.0. The van der Waals surface area contributed by atoms with E-state index in [9.17, 15) is 4.79 Å². The summed E-state index contributed by atoms with van der Waals surface area (Å²) in [5.41, 5.74) is 1.96. The molecule has 0 bridgehead atoms. The van der Waals surface area contributed by atoms with Crippen LogP contribution < -0.4 is 5.32 Å². The Morgan fingerprint density at radius 2 is 2.03 bits per heavy atom. The number of hydrogen-bond donors (Lipinski definition) is 1. The third-order valence-electron chi connectivity index (χ3n) is 5.70. The van der Waals surface area contributed by atoms with Gasteiger partial charge in [0.15, 0.2) is 0 Å². The third-order valence-corrected chi connectivity index (χ3v) is 7.22. The van der Waals surface area contributed by atoms with Crippen LogP contribution in [-0.4, -0.2) is 45.8 Å². The lowest BCUT2D eigenvalue weighted by Gasteiger charge is -2.34. The number of nitrogens with one attached hydrogen (secondary N) is 1. The smallest absolute Gasteiger partial charge is 0.261 e. The van der Waals surface area contributed by atoms with Crippen molar-refractivity contribution in [3.63, 3.8) is 0 Å². The van der Waals surface area contributed by atoms with E-state index in [0.29, 0.717) is 12.6 Å². The summed E-state index contributed by atoms with van der Waals surface area (Å²) in [6.45, 7) is 9.12. The Bertz CT molecular complexity index is 1020. The number of halogens is 1. The summed E-state index contributed by atoms with van der Waals surface area (Å²) in [6, 6.07) is 10.6. The molecule has 1 fully saturated rings. The van der Waals surface area contributed by atoms with Gasteiger partial charge in [-0.25, -0.2) is 0 Å². The van der Waals surface area contributed by atoms with Gasteiger partial charge >= 0.3 is 0 Å². The first-order valence-electron chi connectivity index (χ1n) is 10.2. The van der Waals surface area contributed by atoms with Crippen molar-refractivity contribution in [2.24, 2.45) is 0 Å². The highest BCUT2D eigenvalue weighted by molar-refractivity contribution is 7.20. The molecule has 0 unspecified atom stereocenters. The van der Waals surface area contributed by atoms with Crippen molar-refractivity contribution in [3.8, 4) is 0 Å². The van der Waals surface area contributed by atoms with Crippen LogP contribution in [-0.2, 0) is 6.54 Å². The quantitative estimate of drug-likeness (QED) is 0.637. The number of fused-ring (bicyclic) bond motifs is 1. The maximum atomic E-state index is 12.9. The highest BCUT2D eigenvalue weighted by Crippen LogP contribution is 2.30. The fourth-order valence-electron chi connectivity index (χ4n) is 3.94. The van der Waals surface area contributed by atoms with Crippen molar-refractivity contribution in [1.29, 1.82) is 0 Å².